The van der Waals surface area contributed by atoms with Gasteiger partial charge in [-0.15, -0.1) is 11.3 Å². The second kappa shape index (κ2) is 6.83. The van der Waals surface area contributed by atoms with Crippen molar-refractivity contribution in [3.8, 4) is 0 Å². The van der Waals surface area contributed by atoms with E-state index in [9.17, 15) is 4.39 Å². The van der Waals surface area contributed by atoms with Gasteiger partial charge in [-0.1, -0.05) is 13.0 Å². The summed E-state index contributed by atoms with van der Waals surface area (Å²) >= 11 is 5.36. The van der Waals surface area contributed by atoms with Crippen LogP contribution in [0.15, 0.2) is 28.7 Å². The lowest BCUT2D eigenvalue weighted by molar-refractivity contribution is 0.596. The van der Waals surface area contributed by atoms with E-state index in [0.717, 1.165) is 28.6 Å². The van der Waals surface area contributed by atoms with Gasteiger partial charge >= 0.3 is 0 Å². The maximum absolute atomic E-state index is 13.3. The zero-order chi connectivity index (χ0) is 14.7. The van der Waals surface area contributed by atoms with Gasteiger partial charge in [-0.25, -0.2) is 4.39 Å². The van der Waals surface area contributed by atoms with Crippen LogP contribution in [0.4, 0.5) is 4.39 Å². The quantitative estimate of drug-likeness (QED) is 0.761. The largest absolute Gasteiger partial charge is 0.306 e. The summed E-state index contributed by atoms with van der Waals surface area (Å²) in [6.07, 6.45) is 1.07. The molecule has 20 heavy (non-hydrogen) atoms. The minimum Gasteiger partial charge on any atom is -0.306 e. The second-order valence-corrected chi connectivity index (χ2v) is 7.08. The van der Waals surface area contributed by atoms with Crippen LogP contribution in [0.2, 0.25) is 0 Å². The van der Waals surface area contributed by atoms with Crippen LogP contribution in [-0.2, 0) is 0 Å². The average Bonchev–Trinajstić information content (AvgIpc) is 2.72. The van der Waals surface area contributed by atoms with E-state index in [-0.39, 0.29) is 11.9 Å². The summed E-state index contributed by atoms with van der Waals surface area (Å²) in [7, 11) is 0. The molecule has 4 heteroatoms. The SMILES string of the molecule is CCCNC(c1cc(Br)c(C)s1)c1ccc(F)cc1C. The Morgan fingerprint density at radius 2 is 2.05 bits per heavy atom. The Kier molecular flexibility index (Phi) is 5.35. The van der Waals surface area contributed by atoms with Gasteiger partial charge in [0.25, 0.3) is 0 Å². The van der Waals surface area contributed by atoms with Crippen LogP contribution in [0, 0.1) is 19.7 Å². The van der Waals surface area contributed by atoms with E-state index in [2.05, 4.69) is 41.2 Å². The van der Waals surface area contributed by atoms with Crippen LogP contribution in [0.25, 0.3) is 0 Å². The number of halogens is 2. The van der Waals surface area contributed by atoms with E-state index in [4.69, 9.17) is 0 Å². The van der Waals surface area contributed by atoms with Crippen molar-refractivity contribution in [3.05, 3.63) is 55.4 Å². The molecule has 0 aliphatic carbocycles. The molecule has 1 unspecified atom stereocenters. The number of thiophene rings is 1. The van der Waals surface area contributed by atoms with Crippen LogP contribution in [-0.4, -0.2) is 6.54 Å². The molecule has 0 bridgehead atoms. The van der Waals surface area contributed by atoms with Crippen LogP contribution in [0.1, 0.15) is 40.3 Å². The number of hydrogen-bond acceptors (Lipinski definition) is 2. The summed E-state index contributed by atoms with van der Waals surface area (Å²) < 4.78 is 14.4. The minimum absolute atomic E-state index is 0.130. The van der Waals surface area contributed by atoms with E-state index in [1.54, 1.807) is 23.5 Å². The molecule has 0 fully saturated rings. The van der Waals surface area contributed by atoms with Gasteiger partial charge in [0.05, 0.1) is 6.04 Å². The third-order valence-electron chi connectivity index (χ3n) is 3.30. The van der Waals surface area contributed by atoms with Crippen molar-refractivity contribution in [2.24, 2.45) is 0 Å². The first kappa shape index (κ1) is 15.7. The molecule has 2 aromatic rings. The normalized spacial score (nSPS) is 12.7. The van der Waals surface area contributed by atoms with Crippen molar-refractivity contribution >= 4 is 27.3 Å². The molecule has 108 valence electrons. The first-order valence-corrected chi connectivity index (χ1v) is 8.39. The highest BCUT2D eigenvalue weighted by molar-refractivity contribution is 9.10. The van der Waals surface area contributed by atoms with E-state index < -0.39 is 0 Å². The van der Waals surface area contributed by atoms with Gasteiger partial charge < -0.3 is 5.32 Å². The third-order valence-corrected chi connectivity index (χ3v) is 5.50. The molecular formula is C16H19BrFNS. The summed E-state index contributed by atoms with van der Waals surface area (Å²) in [5.74, 6) is -0.177. The maximum atomic E-state index is 13.3. The smallest absolute Gasteiger partial charge is 0.123 e. The molecule has 1 atom stereocenters. The average molecular weight is 356 g/mol. The van der Waals surface area contributed by atoms with Gasteiger partial charge in [-0.05, 0) is 72.1 Å². The standard InChI is InChI=1S/C16H19BrFNS/c1-4-7-19-16(15-9-14(17)11(3)20-15)13-6-5-12(18)8-10(13)2/h5-6,8-9,16,19H,4,7H2,1-3H3. The molecule has 1 N–H and O–H groups in total. The number of aryl methyl sites for hydroxylation is 2. The molecular weight excluding hydrogens is 337 g/mol. The summed E-state index contributed by atoms with van der Waals surface area (Å²) in [6, 6.07) is 7.33. The fraction of sp³-hybridized carbons (Fsp3) is 0.375. The van der Waals surface area contributed by atoms with Gasteiger partial charge in [0.15, 0.2) is 0 Å². The van der Waals surface area contributed by atoms with E-state index >= 15 is 0 Å². The van der Waals surface area contributed by atoms with Crippen molar-refractivity contribution in [2.45, 2.75) is 33.2 Å². The van der Waals surface area contributed by atoms with E-state index in [1.807, 2.05) is 13.0 Å². The van der Waals surface area contributed by atoms with Crippen LogP contribution in [0.3, 0.4) is 0 Å². The topological polar surface area (TPSA) is 12.0 Å². The third kappa shape index (κ3) is 3.48. The van der Waals surface area contributed by atoms with Gasteiger partial charge in [-0.2, -0.15) is 0 Å². The Morgan fingerprint density at radius 1 is 1.30 bits per heavy atom. The lowest BCUT2D eigenvalue weighted by atomic mass is 9.99. The number of nitrogens with one attached hydrogen (secondary N) is 1. The van der Waals surface area contributed by atoms with Gasteiger partial charge in [0.1, 0.15) is 5.82 Å². The number of benzene rings is 1. The Bertz CT molecular complexity index is 575. The zero-order valence-electron chi connectivity index (χ0n) is 12.0. The summed E-state index contributed by atoms with van der Waals surface area (Å²) in [5, 5.41) is 3.57. The lowest BCUT2D eigenvalue weighted by Gasteiger charge is -2.20. The Morgan fingerprint density at radius 3 is 2.60 bits per heavy atom. The van der Waals surface area contributed by atoms with Crippen LogP contribution in [0.5, 0.6) is 0 Å². The molecule has 1 nitrogen and oxygen atoms in total. The summed E-state index contributed by atoms with van der Waals surface area (Å²) in [6.45, 7) is 7.16. The number of hydrogen-bond donors (Lipinski definition) is 1. The van der Waals surface area contributed by atoms with Crippen molar-refractivity contribution in [1.29, 1.82) is 0 Å². The van der Waals surface area contributed by atoms with Gasteiger partial charge in [0.2, 0.25) is 0 Å². The summed E-state index contributed by atoms with van der Waals surface area (Å²) in [4.78, 5) is 2.53. The van der Waals surface area contributed by atoms with Crippen molar-refractivity contribution in [3.63, 3.8) is 0 Å². The monoisotopic (exact) mass is 355 g/mol. The highest BCUT2D eigenvalue weighted by atomic mass is 79.9. The molecule has 1 aromatic carbocycles. The van der Waals surface area contributed by atoms with Crippen molar-refractivity contribution in [1.82, 2.24) is 5.32 Å². The fourth-order valence-electron chi connectivity index (χ4n) is 2.24. The van der Waals surface area contributed by atoms with E-state index in [1.165, 1.54) is 9.75 Å². The molecule has 0 aliphatic heterocycles. The molecule has 0 aliphatic rings. The first-order valence-electron chi connectivity index (χ1n) is 6.78. The minimum atomic E-state index is -0.177. The highest BCUT2D eigenvalue weighted by Crippen LogP contribution is 2.34. The van der Waals surface area contributed by atoms with E-state index in [0.29, 0.717) is 0 Å². The van der Waals surface area contributed by atoms with Crippen molar-refractivity contribution in [2.75, 3.05) is 6.54 Å². The van der Waals surface area contributed by atoms with Crippen LogP contribution >= 0.6 is 27.3 Å². The molecule has 0 saturated heterocycles. The Labute approximate surface area is 132 Å². The maximum Gasteiger partial charge on any atom is 0.123 e. The summed E-state index contributed by atoms with van der Waals surface area (Å²) in [5.41, 5.74) is 2.13. The fourth-order valence-corrected chi connectivity index (χ4v) is 3.90. The highest BCUT2D eigenvalue weighted by Gasteiger charge is 2.18. The first-order chi connectivity index (χ1) is 9.52. The molecule has 1 heterocycles. The Balaban J connectivity index is 2.41. The predicted octanol–water partition coefficient (Wildman–Crippen LogP) is 5.36. The molecule has 2 rings (SSSR count). The van der Waals surface area contributed by atoms with Gasteiger partial charge in [-0.3, -0.25) is 0 Å². The van der Waals surface area contributed by atoms with Crippen molar-refractivity contribution < 1.29 is 4.39 Å². The van der Waals surface area contributed by atoms with Crippen LogP contribution < -0.4 is 5.32 Å². The zero-order valence-corrected chi connectivity index (χ0v) is 14.4. The predicted molar refractivity (Wildman–Crippen MR) is 88.0 cm³/mol. The second-order valence-electron chi connectivity index (χ2n) is 4.94. The lowest BCUT2D eigenvalue weighted by Crippen LogP contribution is -2.23. The van der Waals surface area contributed by atoms with Gasteiger partial charge in [0, 0.05) is 14.2 Å². The molecule has 0 radical (unpaired) electrons. The molecule has 0 saturated carbocycles. The molecule has 1 aromatic heterocycles. The molecule has 0 amide bonds. The number of rotatable bonds is 5. The Hall–Kier alpha value is -0.710. The molecule has 0 spiro atoms.